The highest BCUT2D eigenvalue weighted by atomic mass is 35.5. The van der Waals surface area contributed by atoms with Crippen LogP contribution in [0.1, 0.15) is 30.7 Å². The highest BCUT2D eigenvalue weighted by Crippen LogP contribution is 2.31. The quantitative estimate of drug-likeness (QED) is 0.803. The van der Waals surface area contributed by atoms with Crippen molar-refractivity contribution in [2.24, 2.45) is 0 Å². The van der Waals surface area contributed by atoms with Crippen LogP contribution in [0.15, 0.2) is 24.3 Å². The molecule has 118 valence electrons. The molecule has 0 spiro atoms. The van der Waals surface area contributed by atoms with E-state index in [2.05, 4.69) is 27.7 Å². The maximum absolute atomic E-state index is 11.9. The van der Waals surface area contributed by atoms with Crippen LogP contribution in [0.3, 0.4) is 0 Å². The lowest BCUT2D eigenvalue weighted by molar-refractivity contribution is -0.134. The van der Waals surface area contributed by atoms with E-state index < -0.39 is 0 Å². The normalized spacial score (nSPS) is 30.2. The number of carbonyl (C=O) groups excluding carboxylic acids is 2. The Balaban J connectivity index is 0.00000144. The van der Waals surface area contributed by atoms with E-state index in [1.54, 1.807) is 0 Å². The van der Waals surface area contributed by atoms with Crippen LogP contribution < -0.4 is 15.5 Å². The third kappa shape index (κ3) is 2.59. The highest BCUT2D eigenvalue weighted by Gasteiger charge is 2.37. The first-order chi connectivity index (χ1) is 10.2. The van der Waals surface area contributed by atoms with Gasteiger partial charge in [-0.3, -0.25) is 14.9 Å². The van der Waals surface area contributed by atoms with Gasteiger partial charge in [0.15, 0.2) is 0 Å². The van der Waals surface area contributed by atoms with Crippen molar-refractivity contribution in [3.8, 4) is 0 Å². The minimum Gasteiger partial charge on any atom is -0.366 e. The Morgan fingerprint density at radius 2 is 1.91 bits per heavy atom. The molecule has 3 fully saturated rings. The molecule has 2 amide bonds. The van der Waals surface area contributed by atoms with Gasteiger partial charge < -0.3 is 10.2 Å². The summed E-state index contributed by atoms with van der Waals surface area (Å²) >= 11 is 0. The smallest absolute Gasteiger partial charge is 0.234 e. The standard InChI is InChI=1S/C16H19N3O2.ClH/c20-15-6-5-14(16(21)18-15)10-1-3-12(4-2-10)19-9-11-7-13(19)8-17-11;/h1-4,11,13-14,17H,5-9H2,(H,18,20,21);1H. The summed E-state index contributed by atoms with van der Waals surface area (Å²) in [5.41, 5.74) is 2.24. The van der Waals surface area contributed by atoms with Crippen LogP contribution in [0, 0.1) is 0 Å². The molecule has 2 bridgehead atoms. The fourth-order valence-corrected chi connectivity index (χ4v) is 3.79. The molecule has 3 heterocycles. The molecule has 1 aromatic rings. The third-order valence-corrected chi connectivity index (χ3v) is 4.92. The van der Waals surface area contributed by atoms with Gasteiger partial charge in [0.2, 0.25) is 11.8 Å². The zero-order chi connectivity index (χ0) is 14.4. The number of hydrogen-bond acceptors (Lipinski definition) is 4. The molecule has 0 aliphatic carbocycles. The molecule has 0 aromatic heterocycles. The summed E-state index contributed by atoms with van der Waals surface area (Å²) in [5.74, 6) is -0.509. The van der Waals surface area contributed by atoms with Gasteiger partial charge in [-0.15, -0.1) is 12.4 Å². The second-order valence-electron chi connectivity index (χ2n) is 6.24. The van der Waals surface area contributed by atoms with E-state index in [0.29, 0.717) is 24.9 Å². The maximum Gasteiger partial charge on any atom is 0.234 e. The van der Waals surface area contributed by atoms with Gasteiger partial charge in [0.05, 0.1) is 5.92 Å². The maximum atomic E-state index is 11.9. The molecule has 0 radical (unpaired) electrons. The average molecular weight is 322 g/mol. The molecule has 6 heteroatoms. The Morgan fingerprint density at radius 3 is 2.50 bits per heavy atom. The van der Waals surface area contributed by atoms with Crippen LogP contribution in [-0.4, -0.2) is 37.0 Å². The summed E-state index contributed by atoms with van der Waals surface area (Å²) in [4.78, 5) is 25.6. The Kier molecular flexibility index (Phi) is 4.10. The van der Waals surface area contributed by atoms with Crippen LogP contribution in [0.25, 0.3) is 0 Å². The van der Waals surface area contributed by atoms with Gasteiger partial charge in [-0.25, -0.2) is 0 Å². The van der Waals surface area contributed by atoms with E-state index in [4.69, 9.17) is 0 Å². The molecular formula is C16H20ClN3O2. The van der Waals surface area contributed by atoms with Crippen molar-refractivity contribution in [1.29, 1.82) is 0 Å². The van der Waals surface area contributed by atoms with Gasteiger partial charge >= 0.3 is 0 Å². The monoisotopic (exact) mass is 321 g/mol. The molecule has 4 rings (SSSR count). The second-order valence-corrected chi connectivity index (χ2v) is 6.24. The summed E-state index contributed by atoms with van der Waals surface area (Å²) in [5, 5.41) is 5.93. The van der Waals surface area contributed by atoms with Gasteiger partial charge in [0.25, 0.3) is 0 Å². The van der Waals surface area contributed by atoms with Gasteiger partial charge in [0, 0.05) is 37.3 Å². The predicted molar refractivity (Wildman–Crippen MR) is 86.4 cm³/mol. The van der Waals surface area contributed by atoms with Crippen LogP contribution in [0.2, 0.25) is 0 Å². The number of hydrogen-bond donors (Lipinski definition) is 2. The van der Waals surface area contributed by atoms with Gasteiger partial charge in [-0.1, -0.05) is 12.1 Å². The van der Waals surface area contributed by atoms with E-state index >= 15 is 0 Å². The summed E-state index contributed by atoms with van der Waals surface area (Å²) in [7, 11) is 0. The van der Waals surface area contributed by atoms with Crippen LogP contribution in [0.5, 0.6) is 0 Å². The number of fused-ring (bicyclic) bond motifs is 2. The first kappa shape index (κ1) is 15.3. The second kappa shape index (κ2) is 5.89. The molecule has 3 atom stereocenters. The number of imide groups is 1. The third-order valence-electron chi connectivity index (χ3n) is 4.92. The Bertz CT molecular complexity index is 590. The summed E-state index contributed by atoms with van der Waals surface area (Å²) < 4.78 is 0. The van der Waals surface area contributed by atoms with E-state index in [9.17, 15) is 9.59 Å². The molecule has 3 unspecified atom stereocenters. The van der Waals surface area contributed by atoms with Crippen molar-refractivity contribution in [2.75, 3.05) is 18.0 Å². The SMILES string of the molecule is Cl.O=C1CCC(c2ccc(N3CC4CC3CN4)cc2)C(=O)N1. The number of nitrogens with one attached hydrogen (secondary N) is 2. The molecule has 3 aliphatic heterocycles. The van der Waals surface area contributed by atoms with Crippen molar-refractivity contribution in [2.45, 2.75) is 37.3 Å². The van der Waals surface area contributed by atoms with E-state index in [1.165, 1.54) is 12.1 Å². The number of anilines is 1. The molecule has 3 saturated heterocycles. The zero-order valence-electron chi connectivity index (χ0n) is 12.2. The number of piperidine rings is 1. The molecule has 2 N–H and O–H groups in total. The van der Waals surface area contributed by atoms with Crippen LogP contribution in [-0.2, 0) is 9.59 Å². The number of carbonyl (C=O) groups is 2. The highest BCUT2D eigenvalue weighted by molar-refractivity contribution is 6.00. The van der Waals surface area contributed by atoms with Crippen LogP contribution >= 0.6 is 12.4 Å². The number of piperazine rings is 1. The fraction of sp³-hybridized carbons (Fsp3) is 0.500. The van der Waals surface area contributed by atoms with Crippen LogP contribution in [0.4, 0.5) is 5.69 Å². The number of benzene rings is 1. The Morgan fingerprint density at radius 1 is 1.14 bits per heavy atom. The number of amides is 2. The van der Waals surface area contributed by atoms with Crippen molar-refractivity contribution < 1.29 is 9.59 Å². The lowest BCUT2D eigenvalue weighted by Crippen LogP contribution is -2.43. The van der Waals surface area contributed by atoms with E-state index in [-0.39, 0.29) is 30.1 Å². The van der Waals surface area contributed by atoms with E-state index in [1.807, 2.05) is 12.1 Å². The Labute approximate surface area is 135 Å². The lowest BCUT2D eigenvalue weighted by Gasteiger charge is -2.30. The van der Waals surface area contributed by atoms with Gasteiger partial charge in [-0.2, -0.15) is 0 Å². The number of nitrogens with zero attached hydrogens (tertiary/aromatic N) is 1. The zero-order valence-corrected chi connectivity index (χ0v) is 13.1. The predicted octanol–water partition coefficient (Wildman–Crippen LogP) is 1.18. The minimum absolute atomic E-state index is 0. The molecular weight excluding hydrogens is 302 g/mol. The first-order valence-corrected chi connectivity index (χ1v) is 7.64. The van der Waals surface area contributed by atoms with Gasteiger partial charge in [0.1, 0.15) is 0 Å². The van der Waals surface area contributed by atoms with E-state index in [0.717, 1.165) is 18.7 Å². The lowest BCUT2D eigenvalue weighted by atomic mass is 9.90. The fourth-order valence-electron chi connectivity index (χ4n) is 3.79. The number of halogens is 1. The molecule has 5 nitrogen and oxygen atoms in total. The van der Waals surface area contributed by atoms with Crippen molar-refractivity contribution in [3.05, 3.63) is 29.8 Å². The van der Waals surface area contributed by atoms with Crippen molar-refractivity contribution in [3.63, 3.8) is 0 Å². The summed E-state index contributed by atoms with van der Waals surface area (Å²) in [6.45, 7) is 2.14. The van der Waals surface area contributed by atoms with Crippen molar-refractivity contribution in [1.82, 2.24) is 10.6 Å². The largest absolute Gasteiger partial charge is 0.366 e. The van der Waals surface area contributed by atoms with Crippen molar-refractivity contribution >= 4 is 29.9 Å². The van der Waals surface area contributed by atoms with Gasteiger partial charge in [-0.05, 0) is 30.5 Å². The minimum atomic E-state index is -0.187. The Hall–Kier alpha value is -1.59. The topological polar surface area (TPSA) is 61.4 Å². The average Bonchev–Trinajstić information content (AvgIpc) is 3.10. The summed E-state index contributed by atoms with van der Waals surface area (Å²) in [6.07, 6.45) is 2.27. The molecule has 22 heavy (non-hydrogen) atoms. The summed E-state index contributed by atoms with van der Waals surface area (Å²) in [6, 6.07) is 9.53. The molecule has 0 saturated carbocycles. The number of rotatable bonds is 2. The molecule has 3 aliphatic rings. The first-order valence-electron chi connectivity index (χ1n) is 7.64. The molecule has 1 aromatic carbocycles.